The first-order chi connectivity index (χ1) is 10.2. The third-order valence-corrected chi connectivity index (χ3v) is 2.97. The second-order valence-electron chi connectivity index (χ2n) is 4.71. The van der Waals surface area contributed by atoms with Gasteiger partial charge in [-0.2, -0.15) is 0 Å². The number of nitrogens with zero attached hydrogens (tertiary/aromatic N) is 1. The minimum Gasteiger partial charge on any atom is -0.469 e. The van der Waals surface area contributed by atoms with Crippen LogP contribution in [0.4, 0.5) is 0 Å². The van der Waals surface area contributed by atoms with Gasteiger partial charge >= 0.3 is 0 Å². The average Bonchev–Trinajstić information content (AvgIpc) is 3.20. The lowest BCUT2D eigenvalue weighted by atomic mass is 10.2. The van der Waals surface area contributed by atoms with Crippen LogP contribution in [0, 0.1) is 0 Å². The molecule has 0 saturated heterocycles. The predicted octanol–water partition coefficient (Wildman–Crippen LogP) is 2.89. The van der Waals surface area contributed by atoms with Crippen LogP contribution in [0.2, 0.25) is 0 Å². The van der Waals surface area contributed by atoms with Gasteiger partial charge in [0.15, 0.2) is 11.5 Å². The van der Waals surface area contributed by atoms with E-state index in [-0.39, 0.29) is 17.6 Å². The molecule has 0 aromatic carbocycles. The van der Waals surface area contributed by atoms with E-state index in [0.29, 0.717) is 17.9 Å². The summed E-state index contributed by atoms with van der Waals surface area (Å²) in [4.78, 5) is 12.1. The summed E-state index contributed by atoms with van der Waals surface area (Å²) in [5, 5.41) is 6.59. The molecule has 3 heterocycles. The molecule has 1 amide bonds. The molecule has 6 nitrogen and oxygen atoms in total. The van der Waals surface area contributed by atoms with Crippen LogP contribution < -0.4 is 5.32 Å². The van der Waals surface area contributed by atoms with Crippen molar-refractivity contribution in [2.75, 3.05) is 0 Å². The summed E-state index contributed by atoms with van der Waals surface area (Å²) in [5.41, 5.74) is 0.215. The van der Waals surface area contributed by atoms with Gasteiger partial charge in [0, 0.05) is 18.5 Å². The third kappa shape index (κ3) is 3.05. The van der Waals surface area contributed by atoms with Gasteiger partial charge in [-0.1, -0.05) is 5.16 Å². The molecule has 108 valence electrons. The second-order valence-corrected chi connectivity index (χ2v) is 4.71. The molecular weight excluding hydrogens is 272 g/mol. The molecule has 1 N–H and O–H groups in total. The first-order valence-electron chi connectivity index (χ1n) is 6.56. The Kier molecular flexibility index (Phi) is 3.59. The average molecular weight is 286 g/mol. The van der Waals surface area contributed by atoms with E-state index < -0.39 is 0 Å². The first-order valence-corrected chi connectivity index (χ1v) is 6.56. The lowest BCUT2D eigenvalue weighted by molar-refractivity contribution is 0.0930. The summed E-state index contributed by atoms with van der Waals surface area (Å²) in [6.07, 6.45) is 3.75. The van der Waals surface area contributed by atoms with Crippen molar-refractivity contribution in [3.05, 3.63) is 54.3 Å². The van der Waals surface area contributed by atoms with Crippen molar-refractivity contribution in [2.24, 2.45) is 0 Å². The van der Waals surface area contributed by atoms with Crippen molar-refractivity contribution >= 4 is 5.91 Å². The van der Waals surface area contributed by atoms with Crippen LogP contribution in [0.25, 0.3) is 11.5 Å². The van der Waals surface area contributed by atoms with E-state index in [1.165, 1.54) is 6.26 Å². The zero-order valence-corrected chi connectivity index (χ0v) is 11.4. The van der Waals surface area contributed by atoms with Crippen molar-refractivity contribution in [1.82, 2.24) is 10.5 Å². The Labute approximate surface area is 120 Å². The summed E-state index contributed by atoms with van der Waals surface area (Å²) < 4.78 is 15.5. The summed E-state index contributed by atoms with van der Waals surface area (Å²) in [5.74, 6) is 1.48. The molecule has 1 atom stereocenters. The van der Waals surface area contributed by atoms with Crippen molar-refractivity contribution in [3.63, 3.8) is 0 Å². The van der Waals surface area contributed by atoms with E-state index in [2.05, 4.69) is 10.5 Å². The molecule has 0 radical (unpaired) electrons. The predicted molar refractivity (Wildman–Crippen MR) is 73.5 cm³/mol. The quantitative estimate of drug-likeness (QED) is 0.780. The Morgan fingerprint density at radius 2 is 2.05 bits per heavy atom. The number of hydrogen-bond donors (Lipinski definition) is 1. The maximum absolute atomic E-state index is 12.1. The molecule has 0 spiro atoms. The molecule has 0 bridgehead atoms. The molecule has 0 saturated carbocycles. The number of hydrogen-bond acceptors (Lipinski definition) is 5. The number of rotatable bonds is 5. The molecule has 3 aromatic rings. The molecular formula is C15H14N2O4. The van der Waals surface area contributed by atoms with Gasteiger partial charge in [-0.05, 0) is 31.2 Å². The zero-order valence-electron chi connectivity index (χ0n) is 11.4. The van der Waals surface area contributed by atoms with Crippen molar-refractivity contribution in [3.8, 4) is 11.5 Å². The highest BCUT2D eigenvalue weighted by Gasteiger charge is 2.17. The lowest BCUT2D eigenvalue weighted by Gasteiger charge is -2.10. The smallest absolute Gasteiger partial charge is 0.273 e. The van der Waals surface area contributed by atoms with Crippen LogP contribution >= 0.6 is 0 Å². The summed E-state index contributed by atoms with van der Waals surface area (Å²) >= 11 is 0. The monoisotopic (exact) mass is 286 g/mol. The Bertz CT molecular complexity index is 698. The lowest BCUT2D eigenvalue weighted by Crippen LogP contribution is -2.34. The number of amides is 1. The van der Waals surface area contributed by atoms with Crippen LogP contribution in [-0.4, -0.2) is 17.1 Å². The van der Waals surface area contributed by atoms with E-state index in [4.69, 9.17) is 13.4 Å². The third-order valence-electron chi connectivity index (χ3n) is 2.97. The highest BCUT2D eigenvalue weighted by atomic mass is 16.5. The van der Waals surface area contributed by atoms with E-state index in [1.807, 2.05) is 19.1 Å². The van der Waals surface area contributed by atoms with Crippen LogP contribution in [0.1, 0.15) is 23.2 Å². The molecule has 0 aliphatic heterocycles. The van der Waals surface area contributed by atoms with Gasteiger partial charge in [0.25, 0.3) is 5.91 Å². The van der Waals surface area contributed by atoms with Gasteiger partial charge in [0.05, 0.1) is 12.5 Å². The Morgan fingerprint density at radius 1 is 1.24 bits per heavy atom. The fraction of sp³-hybridized carbons (Fsp3) is 0.200. The summed E-state index contributed by atoms with van der Waals surface area (Å²) in [7, 11) is 0. The maximum atomic E-state index is 12.1. The number of aromatic nitrogens is 1. The van der Waals surface area contributed by atoms with Crippen LogP contribution in [-0.2, 0) is 6.42 Å². The first kappa shape index (κ1) is 13.2. The number of furan rings is 2. The molecule has 3 rings (SSSR count). The normalized spacial score (nSPS) is 12.2. The van der Waals surface area contributed by atoms with Crippen molar-refractivity contribution < 1.29 is 18.2 Å². The summed E-state index contributed by atoms with van der Waals surface area (Å²) in [6, 6.07) is 8.64. The number of nitrogens with one attached hydrogen (secondary N) is 1. The second kappa shape index (κ2) is 5.70. The highest BCUT2D eigenvalue weighted by molar-refractivity contribution is 5.93. The molecule has 0 aliphatic rings. The molecule has 0 fully saturated rings. The fourth-order valence-corrected chi connectivity index (χ4v) is 2.00. The van der Waals surface area contributed by atoms with E-state index >= 15 is 0 Å². The van der Waals surface area contributed by atoms with Crippen molar-refractivity contribution in [1.29, 1.82) is 0 Å². The van der Waals surface area contributed by atoms with E-state index in [1.54, 1.807) is 24.5 Å². The Hall–Kier alpha value is -2.76. The molecule has 0 aliphatic carbocycles. The largest absolute Gasteiger partial charge is 0.469 e. The maximum Gasteiger partial charge on any atom is 0.273 e. The molecule has 3 aromatic heterocycles. The standard InChI is InChI=1S/C15H14N2O4/c1-10(8-11-4-2-6-19-11)16-15(18)12-9-14(21-17-12)13-5-3-7-20-13/h2-7,9-10H,8H2,1H3,(H,16,18). The van der Waals surface area contributed by atoms with Crippen LogP contribution in [0.3, 0.4) is 0 Å². The minimum atomic E-state index is -0.296. The molecule has 21 heavy (non-hydrogen) atoms. The van der Waals surface area contributed by atoms with Gasteiger partial charge in [-0.25, -0.2) is 0 Å². The van der Waals surface area contributed by atoms with Gasteiger partial charge < -0.3 is 18.7 Å². The van der Waals surface area contributed by atoms with Gasteiger partial charge in [-0.3, -0.25) is 4.79 Å². The summed E-state index contributed by atoms with van der Waals surface area (Å²) in [6.45, 7) is 1.90. The van der Waals surface area contributed by atoms with Gasteiger partial charge in [0.2, 0.25) is 5.76 Å². The van der Waals surface area contributed by atoms with Crippen LogP contribution in [0.15, 0.2) is 56.2 Å². The van der Waals surface area contributed by atoms with Gasteiger partial charge in [0.1, 0.15) is 5.76 Å². The van der Waals surface area contributed by atoms with Crippen molar-refractivity contribution in [2.45, 2.75) is 19.4 Å². The Morgan fingerprint density at radius 3 is 2.76 bits per heavy atom. The number of carbonyl (C=O) groups excluding carboxylic acids is 1. The minimum absolute atomic E-state index is 0.0765. The number of carbonyl (C=O) groups is 1. The van der Waals surface area contributed by atoms with E-state index in [0.717, 1.165) is 5.76 Å². The van der Waals surface area contributed by atoms with E-state index in [9.17, 15) is 4.79 Å². The SMILES string of the molecule is CC(Cc1ccco1)NC(=O)c1cc(-c2ccco2)on1. The highest BCUT2D eigenvalue weighted by Crippen LogP contribution is 2.20. The molecule has 6 heteroatoms. The fourth-order valence-electron chi connectivity index (χ4n) is 2.00. The zero-order chi connectivity index (χ0) is 14.7. The van der Waals surface area contributed by atoms with Crippen LogP contribution in [0.5, 0.6) is 0 Å². The topological polar surface area (TPSA) is 81.4 Å². The Balaban J connectivity index is 1.63. The van der Waals surface area contributed by atoms with Gasteiger partial charge in [-0.15, -0.1) is 0 Å². The molecule has 1 unspecified atom stereocenters.